The van der Waals surface area contributed by atoms with Crippen LogP contribution in [0.5, 0.6) is 0 Å². The lowest BCUT2D eigenvalue weighted by atomic mass is 10.0. The third-order valence-electron chi connectivity index (χ3n) is 2.43. The van der Waals surface area contributed by atoms with Gasteiger partial charge in [0.05, 0.1) is 4.92 Å². The molecule has 1 aromatic rings. The molecule has 16 heavy (non-hydrogen) atoms. The maximum absolute atomic E-state index is 10.7. The summed E-state index contributed by atoms with van der Waals surface area (Å²) in [6.07, 6.45) is 1.04. The summed E-state index contributed by atoms with van der Waals surface area (Å²) in [7, 11) is 0. The molecular weight excluding hydrogens is 204 g/mol. The van der Waals surface area contributed by atoms with Crippen molar-refractivity contribution < 1.29 is 4.92 Å². The van der Waals surface area contributed by atoms with Gasteiger partial charge in [-0.05, 0) is 24.0 Å². The van der Waals surface area contributed by atoms with E-state index in [1.54, 1.807) is 18.2 Å². The second-order valence-electron chi connectivity index (χ2n) is 4.11. The van der Waals surface area contributed by atoms with Gasteiger partial charge in [-0.2, -0.15) is 0 Å². The molecule has 1 rings (SSSR count). The zero-order valence-corrected chi connectivity index (χ0v) is 9.99. The highest BCUT2D eigenvalue weighted by Crippen LogP contribution is 2.28. The summed E-state index contributed by atoms with van der Waals surface area (Å²) in [6.45, 7) is 7.05. The average Bonchev–Trinajstić information content (AvgIpc) is 2.25. The number of nitrogens with one attached hydrogen (secondary N) is 1. The Kier molecular flexibility index (Phi) is 4.28. The molecule has 0 amide bonds. The Bertz CT molecular complexity index is 375. The monoisotopic (exact) mass is 222 g/mol. The molecule has 0 aromatic heterocycles. The van der Waals surface area contributed by atoms with E-state index in [1.807, 2.05) is 13.8 Å². The van der Waals surface area contributed by atoms with Crippen LogP contribution in [0.2, 0.25) is 0 Å². The molecule has 0 spiro atoms. The number of non-ortho nitro benzene ring substituents is 1. The number of nitro benzene ring substituents is 1. The first-order valence-corrected chi connectivity index (χ1v) is 5.58. The Morgan fingerprint density at radius 1 is 1.44 bits per heavy atom. The summed E-state index contributed by atoms with van der Waals surface area (Å²) in [5.74, 6) is 0.277. The third-order valence-corrected chi connectivity index (χ3v) is 2.43. The van der Waals surface area contributed by atoms with Crippen molar-refractivity contribution in [1.29, 1.82) is 0 Å². The molecule has 88 valence electrons. The quantitative estimate of drug-likeness (QED) is 0.612. The molecule has 0 fully saturated rings. The van der Waals surface area contributed by atoms with E-state index >= 15 is 0 Å². The van der Waals surface area contributed by atoms with Crippen molar-refractivity contribution in [2.75, 3.05) is 11.9 Å². The second-order valence-corrected chi connectivity index (χ2v) is 4.11. The van der Waals surface area contributed by atoms with E-state index < -0.39 is 0 Å². The highest BCUT2D eigenvalue weighted by atomic mass is 16.6. The van der Waals surface area contributed by atoms with E-state index in [2.05, 4.69) is 12.2 Å². The van der Waals surface area contributed by atoms with Crippen LogP contribution in [0.15, 0.2) is 18.2 Å². The topological polar surface area (TPSA) is 55.2 Å². The number of anilines is 1. The van der Waals surface area contributed by atoms with Gasteiger partial charge < -0.3 is 5.32 Å². The molecule has 4 nitrogen and oxygen atoms in total. The predicted molar refractivity (Wildman–Crippen MR) is 66.0 cm³/mol. The second kappa shape index (κ2) is 5.49. The molecule has 0 bridgehead atoms. The molecule has 0 aliphatic heterocycles. The lowest BCUT2D eigenvalue weighted by molar-refractivity contribution is -0.384. The normalized spacial score (nSPS) is 10.5. The summed E-state index contributed by atoms with van der Waals surface area (Å²) < 4.78 is 0. The predicted octanol–water partition coefficient (Wildman–Crippen LogP) is 3.54. The van der Waals surface area contributed by atoms with Crippen molar-refractivity contribution in [3.05, 3.63) is 33.9 Å². The summed E-state index contributed by atoms with van der Waals surface area (Å²) in [5.41, 5.74) is 2.16. The molecule has 0 aliphatic carbocycles. The van der Waals surface area contributed by atoms with Crippen molar-refractivity contribution in [2.45, 2.75) is 33.1 Å². The van der Waals surface area contributed by atoms with Gasteiger partial charge in [0.1, 0.15) is 0 Å². The zero-order chi connectivity index (χ0) is 12.1. The van der Waals surface area contributed by atoms with Crippen LogP contribution in [0.3, 0.4) is 0 Å². The fraction of sp³-hybridized carbons (Fsp3) is 0.500. The maximum Gasteiger partial charge on any atom is 0.269 e. The Balaban J connectivity index is 3.04. The summed E-state index contributed by atoms with van der Waals surface area (Å²) in [6, 6.07) is 5.00. The average molecular weight is 222 g/mol. The highest BCUT2D eigenvalue weighted by molar-refractivity contribution is 5.57. The largest absolute Gasteiger partial charge is 0.385 e. The summed E-state index contributed by atoms with van der Waals surface area (Å²) >= 11 is 0. The number of hydrogen-bond donors (Lipinski definition) is 1. The SMILES string of the molecule is CCCNc1ccc([N+](=O)[O-])cc1C(C)C. The fourth-order valence-electron chi connectivity index (χ4n) is 1.56. The van der Waals surface area contributed by atoms with Gasteiger partial charge in [-0.1, -0.05) is 20.8 Å². The van der Waals surface area contributed by atoms with E-state index in [0.717, 1.165) is 24.2 Å². The number of nitro groups is 1. The Morgan fingerprint density at radius 2 is 2.12 bits per heavy atom. The van der Waals surface area contributed by atoms with Gasteiger partial charge >= 0.3 is 0 Å². The van der Waals surface area contributed by atoms with E-state index in [1.165, 1.54) is 0 Å². The molecule has 0 saturated heterocycles. The van der Waals surface area contributed by atoms with Crippen LogP contribution in [0.1, 0.15) is 38.7 Å². The van der Waals surface area contributed by atoms with Crippen molar-refractivity contribution in [2.24, 2.45) is 0 Å². The number of hydrogen-bond acceptors (Lipinski definition) is 3. The lowest BCUT2D eigenvalue weighted by Crippen LogP contribution is -2.04. The summed E-state index contributed by atoms with van der Waals surface area (Å²) in [4.78, 5) is 10.3. The van der Waals surface area contributed by atoms with E-state index in [-0.39, 0.29) is 16.5 Å². The van der Waals surface area contributed by atoms with Crippen molar-refractivity contribution in [1.82, 2.24) is 0 Å². The van der Waals surface area contributed by atoms with Gasteiger partial charge in [-0.15, -0.1) is 0 Å². The fourth-order valence-corrected chi connectivity index (χ4v) is 1.56. The van der Waals surface area contributed by atoms with Gasteiger partial charge in [0.15, 0.2) is 0 Å². The molecule has 0 saturated carbocycles. The minimum atomic E-state index is -0.352. The molecule has 0 heterocycles. The maximum atomic E-state index is 10.7. The smallest absolute Gasteiger partial charge is 0.269 e. The zero-order valence-electron chi connectivity index (χ0n) is 9.99. The van der Waals surface area contributed by atoms with Crippen molar-refractivity contribution >= 4 is 11.4 Å². The number of benzene rings is 1. The van der Waals surface area contributed by atoms with E-state index in [9.17, 15) is 10.1 Å². The van der Waals surface area contributed by atoms with Crippen LogP contribution in [0, 0.1) is 10.1 Å². The van der Waals surface area contributed by atoms with Crippen molar-refractivity contribution in [3.63, 3.8) is 0 Å². The summed E-state index contributed by atoms with van der Waals surface area (Å²) in [5, 5.41) is 14.0. The van der Waals surface area contributed by atoms with Gasteiger partial charge in [-0.3, -0.25) is 10.1 Å². The van der Waals surface area contributed by atoms with Crippen LogP contribution < -0.4 is 5.32 Å². The molecule has 4 heteroatoms. The molecule has 0 unspecified atom stereocenters. The highest BCUT2D eigenvalue weighted by Gasteiger charge is 2.12. The number of nitrogens with zero attached hydrogens (tertiary/aromatic N) is 1. The molecule has 1 N–H and O–H groups in total. The van der Waals surface area contributed by atoms with Crippen LogP contribution in [-0.2, 0) is 0 Å². The van der Waals surface area contributed by atoms with Gasteiger partial charge in [-0.25, -0.2) is 0 Å². The molecule has 0 aliphatic rings. The van der Waals surface area contributed by atoms with Crippen LogP contribution in [0.4, 0.5) is 11.4 Å². The molecular formula is C12H18N2O2. The standard InChI is InChI=1S/C12H18N2O2/c1-4-7-13-12-6-5-10(14(15)16)8-11(12)9(2)3/h5-6,8-9,13H,4,7H2,1-3H3. The third kappa shape index (κ3) is 2.95. The first-order chi connectivity index (χ1) is 7.56. The minimum Gasteiger partial charge on any atom is -0.385 e. The lowest BCUT2D eigenvalue weighted by Gasteiger charge is -2.13. The first-order valence-electron chi connectivity index (χ1n) is 5.58. The van der Waals surface area contributed by atoms with Crippen LogP contribution in [0.25, 0.3) is 0 Å². The van der Waals surface area contributed by atoms with Gasteiger partial charge in [0.25, 0.3) is 5.69 Å². The van der Waals surface area contributed by atoms with E-state index in [0.29, 0.717) is 0 Å². The Labute approximate surface area is 95.8 Å². The van der Waals surface area contributed by atoms with Crippen LogP contribution >= 0.6 is 0 Å². The molecule has 0 atom stereocenters. The van der Waals surface area contributed by atoms with Crippen molar-refractivity contribution in [3.8, 4) is 0 Å². The Hall–Kier alpha value is -1.58. The van der Waals surface area contributed by atoms with E-state index in [4.69, 9.17) is 0 Å². The van der Waals surface area contributed by atoms with Gasteiger partial charge in [0, 0.05) is 24.4 Å². The number of rotatable bonds is 5. The Morgan fingerprint density at radius 3 is 2.62 bits per heavy atom. The molecule has 1 aromatic carbocycles. The molecule has 0 radical (unpaired) electrons. The minimum absolute atomic E-state index is 0.158. The van der Waals surface area contributed by atoms with Gasteiger partial charge in [0.2, 0.25) is 0 Å². The van der Waals surface area contributed by atoms with Crippen LogP contribution in [-0.4, -0.2) is 11.5 Å². The first kappa shape index (κ1) is 12.5.